The summed E-state index contributed by atoms with van der Waals surface area (Å²) < 4.78 is 3.70. The smallest absolute Gasteiger partial charge is 0.257 e. The SMILES string of the molecule is CCn1cc(-c2cc(C(=O)Nc3ccn(Cc4cccc(C)c4)n3)c3ccccc3n2)c(C)n1. The number of para-hydroxylation sites is 1. The Kier molecular flexibility index (Phi) is 5.67. The maximum Gasteiger partial charge on any atom is 0.257 e. The molecule has 0 aliphatic rings. The average molecular weight is 451 g/mol. The number of hydrogen-bond acceptors (Lipinski definition) is 4. The van der Waals surface area contributed by atoms with Gasteiger partial charge in [0.25, 0.3) is 5.91 Å². The van der Waals surface area contributed by atoms with E-state index < -0.39 is 0 Å². The Morgan fingerprint density at radius 1 is 0.971 bits per heavy atom. The van der Waals surface area contributed by atoms with Gasteiger partial charge in [-0.15, -0.1) is 0 Å². The van der Waals surface area contributed by atoms with Gasteiger partial charge in [0, 0.05) is 36.0 Å². The first kappa shape index (κ1) is 21.6. The van der Waals surface area contributed by atoms with Crippen LogP contribution in [0.25, 0.3) is 22.2 Å². The van der Waals surface area contributed by atoms with Gasteiger partial charge in [0.2, 0.25) is 0 Å². The molecule has 0 bridgehead atoms. The van der Waals surface area contributed by atoms with Crippen LogP contribution in [0.1, 0.15) is 34.1 Å². The second-order valence-electron chi connectivity index (χ2n) is 8.40. The average Bonchev–Trinajstić information content (AvgIpc) is 3.44. The number of nitrogens with zero attached hydrogens (tertiary/aromatic N) is 5. The maximum absolute atomic E-state index is 13.4. The largest absolute Gasteiger partial charge is 0.305 e. The molecule has 5 rings (SSSR count). The molecular formula is C27H26N6O. The fourth-order valence-electron chi connectivity index (χ4n) is 4.13. The van der Waals surface area contributed by atoms with Crippen LogP contribution in [-0.2, 0) is 13.1 Å². The van der Waals surface area contributed by atoms with Gasteiger partial charge in [0.1, 0.15) is 0 Å². The van der Waals surface area contributed by atoms with Crippen LogP contribution in [-0.4, -0.2) is 30.5 Å². The van der Waals surface area contributed by atoms with E-state index in [1.165, 1.54) is 5.56 Å². The van der Waals surface area contributed by atoms with Crippen molar-refractivity contribution in [1.29, 1.82) is 0 Å². The van der Waals surface area contributed by atoms with E-state index in [1.807, 2.05) is 78.1 Å². The van der Waals surface area contributed by atoms with Crippen molar-refractivity contribution >= 4 is 22.6 Å². The van der Waals surface area contributed by atoms with E-state index in [9.17, 15) is 4.79 Å². The van der Waals surface area contributed by atoms with Crippen molar-refractivity contribution in [1.82, 2.24) is 24.5 Å². The molecule has 34 heavy (non-hydrogen) atoms. The van der Waals surface area contributed by atoms with Crippen LogP contribution < -0.4 is 5.32 Å². The first-order valence-corrected chi connectivity index (χ1v) is 11.3. The Morgan fingerprint density at radius 2 is 1.82 bits per heavy atom. The van der Waals surface area contributed by atoms with Gasteiger partial charge >= 0.3 is 0 Å². The van der Waals surface area contributed by atoms with Gasteiger partial charge in [-0.3, -0.25) is 14.2 Å². The summed E-state index contributed by atoms with van der Waals surface area (Å²) in [5.74, 6) is 0.288. The lowest BCUT2D eigenvalue weighted by atomic mass is 10.0. The summed E-state index contributed by atoms with van der Waals surface area (Å²) in [6, 6.07) is 19.6. The molecule has 0 fully saturated rings. The van der Waals surface area contributed by atoms with E-state index in [4.69, 9.17) is 4.98 Å². The molecule has 0 unspecified atom stereocenters. The summed E-state index contributed by atoms with van der Waals surface area (Å²) in [5.41, 5.74) is 6.21. The maximum atomic E-state index is 13.4. The van der Waals surface area contributed by atoms with Crippen molar-refractivity contribution < 1.29 is 4.79 Å². The van der Waals surface area contributed by atoms with Gasteiger partial charge in [0.05, 0.1) is 29.0 Å². The molecule has 170 valence electrons. The predicted molar refractivity (Wildman–Crippen MR) is 134 cm³/mol. The van der Waals surface area contributed by atoms with Crippen molar-refractivity contribution in [3.63, 3.8) is 0 Å². The van der Waals surface area contributed by atoms with E-state index in [0.717, 1.165) is 40.0 Å². The van der Waals surface area contributed by atoms with E-state index in [2.05, 4.69) is 40.6 Å². The number of fused-ring (bicyclic) bond motifs is 1. The highest BCUT2D eigenvalue weighted by atomic mass is 16.1. The van der Waals surface area contributed by atoms with Crippen molar-refractivity contribution in [2.45, 2.75) is 33.9 Å². The van der Waals surface area contributed by atoms with Crippen LogP contribution >= 0.6 is 0 Å². The van der Waals surface area contributed by atoms with Crippen LogP contribution in [0.2, 0.25) is 0 Å². The van der Waals surface area contributed by atoms with E-state index in [-0.39, 0.29) is 5.91 Å². The van der Waals surface area contributed by atoms with Gasteiger partial charge < -0.3 is 5.32 Å². The summed E-state index contributed by atoms with van der Waals surface area (Å²) in [5, 5.41) is 12.8. The predicted octanol–water partition coefficient (Wildman–Crippen LogP) is 5.23. The highest BCUT2D eigenvalue weighted by Crippen LogP contribution is 2.27. The number of aromatic nitrogens is 5. The van der Waals surface area contributed by atoms with Crippen molar-refractivity contribution in [2.24, 2.45) is 0 Å². The minimum atomic E-state index is -0.221. The zero-order valence-electron chi connectivity index (χ0n) is 19.5. The molecule has 3 aromatic heterocycles. The van der Waals surface area contributed by atoms with E-state index in [0.29, 0.717) is 17.9 Å². The molecule has 0 spiro atoms. The first-order chi connectivity index (χ1) is 16.5. The van der Waals surface area contributed by atoms with Crippen molar-refractivity contribution in [3.05, 3.63) is 95.4 Å². The summed E-state index contributed by atoms with van der Waals surface area (Å²) >= 11 is 0. The number of pyridine rings is 1. The summed E-state index contributed by atoms with van der Waals surface area (Å²) in [6.45, 7) is 7.48. The normalized spacial score (nSPS) is 11.1. The number of amides is 1. The zero-order chi connectivity index (χ0) is 23.7. The highest BCUT2D eigenvalue weighted by molar-refractivity contribution is 6.12. The lowest BCUT2D eigenvalue weighted by molar-refractivity contribution is 0.102. The van der Waals surface area contributed by atoms with E-state index >= 15 is 0 Å². The molecule has 0 aliphatic carbocycles. The topological polar surface area (TPSA) is 77.6 Å². The fraction of sp³-hybridized carbons (Fsp3) is 0.185. The summed E-state index contributed by atoms with van der Waals surface area (Å²) in [7, 11) is 0. The number of carbonyl (C=O) groups excluding carboxylic acids is 1. The van der Waals surface area contributed by atoms with Gasteiger partial charge in [-0.05, 0) is 38.5 Å². The standard InChI is InChI=1S/C27H26N6O/c1-4-32-17-23(19(3)30-32)25-15-22(21-10-5-6-11-24(21)28-25)27(34)29-26-12-13-33(31-26)16-20-9-7-8-18(2)14-20/h5-15,17H,4,16H2,1-3H3,(H,29,31,34). The summed E-state index contributed by atoms with van der Waals surface area (Å²) in [6.07, 6.45) is 3.84. The quantitative estimate of drug-likeness (QED) is 0.384. The number of rotatable bonds is 6. The Bertz CT molecular complexity index is 1500. The van der Waals surface area contributed by atoms with Gasteiger partial charge in [-0.2, -0.15) is 10.2 Å². The van der Waals surface area contributed by atoms with Crippen LogP contribution in [0, 0.1) is 13.8 Å². The zero-order valence-corrected chi connectivity index (χ0v) is 19.5. The number of aryl methyl sites for hydroxylation is 3. The molecule has 0 aliphatic heterocycles. The van der Waals surface area contributed by atoms with Gasteiger partial charge in [-0.25, -0.2) is 4.98 Å². The second kappa shape index (κ2) is 8.94. The van der Waals surface area contributed by atoms with Crippen molar-refractivity contribution in [3.8, 4) is 11.3 Å². The molecule has 2 aromatic carbocycles. The highest BCUT2D eigenvalue weighted by Gasteiger charge is 2.17. The molecule has 7 heteroatoms. The lowest BCUT2D eigenvalue weighted by Gasteiger charge is -2.09. The third-order valence-electron chi connectivity index (χ3n) is 5.82. The van der Waals surface area contributed by atoms with Gasteiger partial charge in [-0.1, -0.05) is 48.0 Å². The van der Waals surface area contributed by atoms with E-state index in [1.54, 1.807) is 0 Å². The molecule has 3 heterocycles. The van der Waals surface area contributed by atoms with Crippen LogP contribution in [0.15, 0.2) is 73.1 Å². The Labute approximate surface area is 198 Å². The Balaban J connectivity index is 1.45. The number of nitrogens with one attached hydrogen (secondary N) is 1. The van der Waals surface area contributed by atoms with Crippen LogP contribution in [0.3, 0.4) is 0 Å². The minimum absolute atomic E-state index is 0.221. The number of benzene rings is 2. The minimum Gasteiger partial charge on any atom is -0.305 e. The molecule has 7 nitrogen and oxygen atoms in total. The van der Waals surface area contributed by atoms with Gasteiger partial charge in [0.15, 0.2) is 5.82 Å². The van der Waals surface area contributed by atoms with Crippen LogP contribution in [0.5, 0.6) is 0 Å². The molecular weight excluding hydrogens is 424 g/mol. The molecule has 1 amide bonds. The number of hydrogen-bond donors (Lipinski definition) is 1. The fourth-order valence-corrected chi connectivity index (χ4v) is 4.13. The number of carbonyl (C=O) groups is 1. The molecule has 0 radical (unpaired) electrons. The molecule has 1 N–H and O–H groups in total. The first-order valence-electron chi connectivity index (χ1n) is 11.3. The molecule has 0 saturated carbocycles. The second-order valence-corrected chi connectivity index (χ2v) is 8.40. The molecule has 5 aromatic rings. The molecule has 0 atom stereocenters. The number of anilines is 1. The monoisotopic (exact) mass is 450 g/mol. The van der Waals surface area contributed by atoms with Crippen molar-refractivity contribution in [2.75, 3.05) is 5.32 Å². The van der Waals surface area contributed by atoms with Crippen LogP contribution in [0.4, 0.5) is 5.82 Å². The third-order valence-corrected chi connectivity index (χ3v) is 5.82. The Morgan fingerprint density at radius 3 is 2.62 bits per heavy atom. The summed E-state index contributed by atoms with van der Waals surface area (Å²) in [4.78, 5) is 18.2. The lowest BCUT2D eigenvalue weighted by Crippen LogP contribution is -2.14. The third kappa shape index (κ3) is 4.32. The molecule has 0 saturated heterocycles. The Hall–Kier alpha value is -4.26.